The number of carbonyl (C=O) groups is 1. The molecular formula is C11H17ClN4O. The summed E-state index contributed by atoms with van der Waals surface area (Å²) >= 11 is 6.11. The monoisotopic (exact) mass is 256 g/mol. The fraction of sp³-hybridized carbons (Fsp3) is 0.636. The molecule has 0 saturated carbocycles. The molecule has 0 fully saturated rings. The van der Waals surface area contributed by atoms with Crippen LogP contribution in [-0.2, 0) is 5.41 Å². The maximum atomic E-state index is 11.8. The molecule has 2 heterocycles. The van der Waals surface area contributed by atoms with Gasteiger partial charge in [0.25, 0.3) is 5.91 Å². The fourth-order valence-electron chi connectivity index (χ4n) is 2.07. The Kier molecular flexibility index (Phi) is 2.81. The van der Waals surface area contributed by atoms with Crippen molar-refractivity contribution in [1.29, 1.82) is 0 Å². The Bertz CT molecular complexity index is 461. The van der Waals surface area contributed by atoms with Crippen molar-refractivity contribution < 1.29 is 4.79 Å². The number of nitrogens with one attached hydrogen (secondary N) is 1. The zero-order valence-corrected chi connectivity index (χ0v) is 11.3. The van der Waals surface area contributed by atoms with E-state index >= 15 is 0 Å². The second-order valence-electron chi connectivity index (χ2n) is 5.18. The highest BCUT2D eigenvalue weighted by Gasteiger charge is 2.35. The fourth-order valence-corrected chi connectivity index (χ4v) is 2.48. The van der Waals surface area contributed by atoms with Gasteiger partial charge < -0.3 is 10.2 Å². The largest absolute Gasteiger partial charge is 0.351 e. The van der Waals surface area contributed by atoms with Crippen molar-refractivity contribution in [3.05, 3.63) is 11.4 Å². The summed E-state index contributed by atoms with van der Waals surface area (Å²) in [7, 11) is 0. The van der Waals surface area contributed by atoms with Gasteiger partial charge in [0.05, 0.1) is 18.1 Å². The molecule has 0 unspecified atom stereocenters. The highest BCUT2D eigenvalue weighted by Crippen LogP contribution is 2.36. The van der Waals surface area contributed by atoms with E-state index in [-0.39, 0.29) is 11.3 Å². The number of halogens is 1. The minimum atomic E-state index is -0.159. The van der Waals surface area contributed by atoms with Crippen LogP contribution < -0.4 is 10.2 Å². The van der Waals surface area contributed by atoms with Crippen molar-refractivity contribution in [1.82, 2.24) is 14.6 Å². The highest BCUT2D eigenvalue weighted by atomic mass is 35.5. The number of fused-ring (bicyclic) bond motifs is 1. The number of nitrogens with zero attached hydrogens (tertiary/aromatic N) is 3. The Balaban J connectivity index is 2.66. The molecule has 0 aliphatic carbocycles. The molecular weight excluding hydrogens is 240 g/mol. The third kappa shape index (κ3) is 1.88. The smallest absolute Gasteiger partial charge is 0.275 e. The van der Waals surface area contributed by atoms with Gasteiger partial charge in [-0.1, -0.05) is 20.8 Å². The van der Waals surface area contributed by atoms with Gasteiger partial charge in [-0.3, -0.25) is 4.79 Å². The van der Waals surface area contributed by atoms with E-state index in [0.717, 1.165) is 17.9 Å². The van der Waals surface area contributed by atoms with Crippen LogP contribution in [-0.4, -0.2) is 28.4 Å². The molecule has 0 spiro atoms. The molecule has 1 N–H and O–H groups in total. The van der Waals surface area contributed by atoms with Crippen molar-refractivity contribution in [3.63, 3.8) is 0 Å². The first-order chi connectivity index (χ1) is 7.86. The molecule has 1 amide bonds. The molecule has 1 aromatic heterocycles. The summed E-state index contributed by atoms with van der Waals surface area (Å²) in [6.07, 6.45) is 0. The third-order valence-corrected chi connectivity index (χ3v) is 3.12. The Morgan fingerprint density at radius 2 is 2.12 bits per heavy atom. The van der Waals surface area contributed by atoms with Crippen LogP contribution in [0, 0.1) is 0 Å². The number of rotatable bonds is 1. The first-order valence-electron chi connectivity index (χ1n) is 5.69. The summed E-state index contributed by atoms with van der Waals surface area (Å²) in [6, 6.07) is 0. The van der Waals surface area contributed by atoms with Gasteiger partial charge >= 0.3 is 0 Å². The average Bonchev–Trinajstić information content (AvgIpc) is 2.56. The molecule has 0 bridgehead atoms. The Morgan fingerprint density at radius 1 is 1.47 bits per heavy atom. The van der Waals surface area contributed by atoms with Gasteiger partial charge in [0.1, 0.15) is 0 Å². The molecule has 6 heteroatoms. The first-order valence-corrected chi connectivity index (χ1v) is 6.03. The lowest BCUT2D eigenvalue weighted by Gasteiger charge is -2.30. The van der Waals surface area contributed by atoms with Crippen molar-refractivity contribution in [2.75, 3.05) is 18.1 Å². The SMILES string of the molecule is CCN1CNC(=O)c2nn(Cl)c(C(C)(C)C)c21. The topological polar surface area (TPSA) is 50.2 Å². The molecule has 94 valence electrons. The van der Waals surface area contributed by atoms with E-state index in [1.807, 2.05) is 6.92 Å². The van der Waals surface area contributed by atoms with E-state index in [2.05, 4.69) is 36.1 Å². The van der Waals surface area contributed by atoms with Crippen LogP contribution in [0.2, 0.25) is 0 Å². The zero-order valence-electron chi connectivity index (χ0n) is 10.5. The maximum Gasteiger partial charge on any atom is 0.275 e. The number of carbonyl (C=O) groups excluding carboxylic acids is 1. The second-order valence-corrected chi connectivity index (χ2v) is 5.50. The summed E-state index contributed by atoms with van der Waals surface area (Å²) < 4.78 is 1.30. The third-order valence-electron chi connectivity index (χ3n) is 2.87. The van der Waals surface area contributed by atoms with E-state index in [0.29, 0.717) is 12.4 Å². The predicted molar refractivity (Wildman–Crippen MR) is 67.5 cm³/mol. The normalized spacial score (nSPS) is 15.8. The van der Waals surface area contributed by atoms with E-state index in [1.54, 1.807) is 0 Å². The van der Waals surface area contributed by atoms with Gasteiger partial charge in [0.2, 0.25) is 0 Å². The number of hydrogen-bond acceptors (Lipinski definition) is 3. The van der Waals surface area contributed by atoms with Crippen LogP contribution in [0.15, 0.2) is 0 Å². The molecule has 1 aromatic rings. The van der Waals surface area contributed by atoms with Crippen molar-refractivity contribution >= 4 is 23.4 Å². The van der Waals surface area contributed by atoms with Gasteiger partial charge in [-0.25, -0.2) is 0 Å². The quantitative estimate of drug-likeness (QED) is 0.832. The summed E-state index contributed by atoms with van der Waals surface area (Å²) in [5.41, 5.74) is 2.00. The number of anilines is 1. The predicted octanol–water partition coefficient (Wildman–Crippen LogP) is 1.71. The Labute approximate surface area is 106 Å². The molecule has 0 atom stereocenters. The van der Waals surface area contributed by atoms with Gasteiger partial charge in [-0.2, -0.15) is 4.20 Å². The lowest BCUT2D eigenvalue weighted by molar-refractivity contribution is 0.0942. The summed E-state index contributed by atoms with van der Waals surface area (Å²) in [5.74, 6) is -0.158. The van der Waals surface area contributed by atoms with Crippen LogP contribution in [0.3, 0.4) is 0 Å². The van der Waals surface area contributed by atoms with Crippen molar-refractivity contribution in [2.45, 2.75) is 33.1 Å². The molecule has 0 saturated heterocycles. The zero-order chi connectivity index (χ0) is 12.8. The first kappa shape index (κ1) is 12.2. The molecule has 2 rings (SSSR count). The second kappa shape index (κ2) is 3.91. The maximum absolute atomic E-state index is 11.8. The minimum absolute atomic E-state index is 0.158. The minimum Gasteiger partial charge on any atom is -0.351 e. The van der Waals surface area contributed by atoms with Crippen LogP contribution in [0.1, 0.15) is 43.9 Å². The van der Waals surface area contributed by atoms with Gasteiger partial charge in [-0.05, 0) is 6.92 Å². The van der Waals surface area contributed by atoms with Crippen LogP contribution in [0.4, 0.5) is 5.69 Å². The summed E-state index contributed by atoms with van der Waals surface area (Å²) in [5, 5.41) is 6.91. The van der Waals surface area contributed by atoms with E-state index in [9.17, 15) is 4.79 Å². The van der Waals surface area contributed by atoms with Crippen LogP contribution in [0.25, 0.3) is 0 Å². The summed E-state index contributed by atoms with van der Waals surface area (Å²) in [4.78, 5) is 13.8. The van der Waals surface area contributed by atoms with Crippen LogP contribution in [0.5, 0.6) is 0 Å². The van der Waals surface area contributed by atoms with Crippen molar-refractivity contribution in [3.8, 4) is 0 Å². The Hall–Kier alpha value is -1.23. The molecule has 0 aromatic carbocycles. The van der Waals surface area contributed by atoms with Gasteiger partial charge in [0, 0.05) is 23.7 Å². The molecule has 1 aliphatic rings. The van der Waals surface area contributed by atoms with E-state index < -0.39 is 0 Å². The van der Waals surface area contributed by atoms with E-state index in [4.69, 9.17) is 11.8 Å². The number of aromatic nitrogens is 2. The standard InChI is InChI=1S/C11H17ClN4O/c1-5-15-6-13-10(17)7-8(15)9(11(2,3)4)16(12)14-7/h5-6H2,1-4H3,(H,13,17). The highest BCUT2D eigenvalue weighted by molar-refractivity contribution is 6.16. The number of hydrogen-bond donors (Lipinski definition) is 1. The lowest BCUT2D eigenvalue weighted by Crippen LogP contribution is -2.43. The van der Waals surface area contributed by atoms with E-state index in [1.165, 1.54) is 4.20 Å². The molecule has 17 heavy (non-hydrogen) atoms. The van der Waals surface area contributed by atoms with Crippen molar-refractivity contribution in [2.24, 2.45) is 0 Å². The van der Waals surface area contributed by atoms with Gasteiger partial charge in [0.15, 0.2) is 5.69 Å². The molecule has 1 aliphatic heterocycles. The van der Waals surface area contributed by atoms with Crippen LogP contribution >= 0.6 is 11.8 Å². The molecule has 0 radical (unpaired) electrons. The molecule has 5 nitrogen and oxygen atoms in total. The lowest BCUT2D eigenvalue weighted by atomic mass is 9.90. The summed E-state index contributed by atoms with van der Waals surface area (Å²) in [6.45, 7) is 9.53. The average molecular weight is 257 g/mol. The Morgan fingerprint density at radius 3 is 2.65 bits per heavy atom. The van der Waals surface area contributed by atoms with Gasteiger partial charge in [-0.15, -0.1) is 5.10 Å². The number of amides is 1.